The number of hydrogen-bond donors (Lipinski definition) is 1. The molecule has 2 aliphatic carbocycles. The van der Waals surface area contributed by atoms with Crippen LogP contribution in [0, 0.1) is 11.8 Å². The summed E-state index contributed by atoms with van der Waals surface area (Å²) in [5.74, 6) is 2.96. The number of thioether (sulfide) groups is 1. The van der Waals surface area contributed by atoms with Gasteiger partial charge in [-0.1, -0.05) is 30.3 Å². The molecule has 1 aromatic heterocycles. The average molecular weight is 373 g/mol. The van der Waals surface area contributed by atoms with Crippen molar-refractivity contribution in [2.24, 2.45) is 11.8 Å². The Morgan fingerprint density at radius 3 is 2.96 bits per heavy atom. The minimum atomic E-state index is 0.0435. The monoisotopic (exact) mass is 373 g/mol. The van der Waals surface area contributed by atoms with Gasteiger partial charge in [-0.25, -0.2) is 0 Å². The number of aromatic nitrogens is 2. The lowest BCUT2D eigenvalue weighted by Gasteiger charge is -2.22. The highest BCUT2D eigenvalue weighted by atomic mass is 32.2. The van der Waals surface area contributed by atoms with E-state index >= 15 is 0 Å². The number of carbonyl (C=O) groups is 1. The van der Waals surface area contributed by atoms with Gasteiger partial charge in [-0.2, -0.15) is 0 Å². The quantitative estimate of drug-likeness (QED) is 0.748. The second-order valence-electron chi connectivity index (χ2n) is 6.94. The van der Waals surface area contributed by atoms with E-state index < -0.39 is 0 Å². The minimum absolute atomic E-state index is 0.0435. The lowest BCUT2D eigenvalue weighted by molar-refractivity contribution is -0.119. The van der Waals surface area contributed by atoms with Crippen LogP contribution in [0.3, 0.4) is 0 Å². The van der Waals surface area contributed by atoms with Crippen molar-refractivity contribution in [2.75, 3.05) is 12.4 Å². The maximum absolute atomic E-state index is 12.2. The Morgan fingerprint density at radius 2 is 2.19 bits per heavy atom. The van der Waals surface area contributed by atoms with Crippen molar-refractivity contribution < 1.29 is 13.9 Å². The van der Waals surface area contributed by atoms with Gasteiger partial charge in [0.1, 0.15) is 5.75 Å². The first-order valence-electron chi connectivity index (χ1n) is 9.20. The first kappa shape index (κ1) is 17.4. The zero-order chi connectivity index (χ0) is 17.9. The SMILES string of the molecule is CCOc1ccccc1-c1nnc(SCC(=O)N[C@H]2C[C@@H]3CC[C@H]2C3)o1. The normalized spacial score (nSPS) is 24.0. The van der Waals surface area contributed by atoms with Crippen molar-refractivity contribution in [3.05, 3.63) is 24.3 Å². The Morgan fingerprint density at radius 1 is 1.31 bits per heavy atom. The summed E-state index contributed by atoms with van der Waals surface area (Å²) in [4.78, 5) is 12.2. The summed E-state index contributed by atoms with van der Waals surface area (Å²) in [6.07, 6.45) is 5.01. The molecule has 2 saturated carbocycles. The second-order valence-corrected chi connectivity index (χ2v) is 7.87. The third-order valence-electron chi connectivity index (χ3n) is 5.23. The van der Waals surface area contributed by atoms with Crippen molar-refractivity contribution >= 4 is 17.7 Å². The van der Waals surface area contributed by atoms with Crippen LogP contribution >= 0.6 is 11.8 Å². The van der Waals surface area contributed by atoms with Crippen LogP contribution in [0.25, 0.3) is 11.5 Å². The van der Waals surface area contributed by atoms with E-state index in [2.05, 4.69) is 15.5 Å². The number of benzene rings is 1. The summed E-state index contributed by atoms with van der Waals surface area (Å²) in [7, 11) is 0. The number of hydrogen-bond acceptors (Lipinski definition) is 6. The Kier molecular flexibility index (Phi) is 5.15. The van der Waals surface area contributed by atoms with Crippen LogP contribution in [-0.4, -0.2) is 34.5 Å². The van der Waals surface area contributed by atoms with Gasteiger partial charge in [0.05, 0.1) is 17.9 Å². The van der Waals surface area contributed by atoms with E-state index in [1.807, 2.05) is 31.2 Å². The molecule has 1 amide bonds. The molecule has 138 valence electrons. The Balaban J connectivity index is 1.33. The fourth-order valence-corrected chi connectivity index (χ4v) is 4.67. The molecule has 6 nitrogen and oxygen atoms in total. The van der Waals surface area contributed by atoms with E-state index in [1.165, 1.54) is 31.0 Å². The number of nitrogens with zero attached hydrogens (tertiary/aromatic N) is 2. The Labute approximate surface area is 157 Å². The number of ether oxygens (including phenoxy) is 1. The predicted octanol–water partition coefficient (Wildman–Crippen LogP) is 3.53. The van der Waals surface area contributed by atoms with Crippen molar-refractivity contribution in [3.8, 4) is 17.2 Å². The molecule has 0 spiro atoms. The smallest absolute Gasteiger partial charge is 0.277 e. The number of carbonyl (C=O) groups excluding carboxylic acids is 1. The molecule has 1 N–H and O–H groups in total. The lowest BCUT2D eigenvalue weighted by atomic mass is 9.95. The summed E-state index contributed by atoms with van der Waals surface area (Å²) < 4.78 is 11.3. The molecule has 26 heavy (non-hydrogen) atoms. The first-order valence-corrected chi connectivity index (χ1v) is 10.2. The minimum Gasteiger partial charge on any atom is -0.493 e. The van der Waals surface area contributed by atoms with Crippen LogP contribution in [0.1, 0.15) is 32.6 Å². The van der Waals surface area contributed by atoms with E-state index in [9.17, 15) is 4.79 Å². The predicted molar refractivity (Wildman–Crippen MR) is 99.0 cm³/mol. The van der Waals surface area contributed by atoms with Gasteiger partial charge in [-0.3, -0.25) is 4.79 Å². The third kappa shape index (κ3) is 3.72. The first-order chi connectivity index (χ1) is 12.7. The van der Waals surface area contributed by atoms with E-state index in [4.69, 9.17) is 9.15 Å². The molecular formula is C19H23N3O3S. The molecule has 0 aliphatic heterocycles. The maximum Gasteiger partial charge on any atom is 0.277 e. The van der Waals surface area contributed by atoms with E-state index in [0.717, 1.165) is 17.9 Å². The summed E-state index contributed by atoms with van der Waals surface area (Å²) in [6.45, 7) is 2.50. The highest BCUT2D eigenvalue weighted by Crippen LogP contribution is 2.44. The molecular weight excluding hydrogens is 350 g/mol. The van der Waals surface area contributed by atoms with Crippen LogP contribution < -0.4 is 10.1 Å². The van der Waals surface area contributed by atoms with Crippen molar-refractivity contribution in [1.29, 1.82) is 0 Å². The van der Waals surface area contributed by atoms with Gasteiger partial charge in [-0.05, 0) is 50.2 Å². The number of amides is 1. The topological polar surface area (TPSA) is 77.2 Å². The number of nitrogens with one attached hydrogen (secondary N) is 1. The molecule has 4 rings (SSSR count). The Bertz CT molecular complexity index is 779. The zero-order valence-corrected chi connectivity index (χ0v) is 15.6. The second kappa shape index (κ2) is 7.70. The largest absolute Gasteiger partial charge is 0.493 e. The van der Waals surface area contributed by atoms with Gasteiger partial charge in [0, 0.05) is 6.04 Å². The van der Waals surface area contributed by atoms with Crippen molar-refractivity contribution in [3.63, 3.8) is 0 Å². The molecule has 0 saturated heterocycles. The van der Waals surface area contributed by atoms with Gasteiger partial charge in [0.25, 0.3) is 11.1 Å². The van der Waals surface area contributed by atoms with Crippen LogP contribution in [0.5, 0.6) is 5.75 Å². The van der Waals surface area contributed by atoms with Gasteiger partial charge in [0.2, 0.25) is 5.91 Å². The summed E-state index contributed by atoms with van der Waals surface area (Å²) >= 11 is 1.27. The molecule has 1 heterocycles. The Hall–Kier alpha value is -2.02. The van der Waals surface area contributed by atoms with E-state index in [0.29, 0.717) is 41.2 Å². The lowest BCUT2D eigenvalue weighted by Crippen LogP contribution is -2.39. The molecule has 2 bridgehead atoms. The third-order valence-corrected chi connectivity index (χ3v) is 6.05. The molecule has 2 aliphatic rings. The van der Waals surface area contributed by atoms with Crippen LogP contribution in [0.4, 0.5) is 0 Å². The molecule has 7 heteroatoms. The zero-order valence-electron chi connectivity index (χ0n) is 14.8. The van der Waals surface area contributed by atoms with Crippen molar-refractivity contribution in [2.45, 2.75) is 43.9 Å². The van der Waals surface area contributed by atoms with Gasteiger partial charge in [0.15, 0.2) is 0 Å². The van der Waals surface area contributed by atoms with Gasteiger partial charge >= 0.3 is 0 Å². The maximum atomic E-state index is 12.2. The standard InChI is InChI=1S/C19H23N3O3S/c1-2-24-16-6-4-3-5-14(16)18-21-22-19(25-18)26-11-17(23)20-15-10-12-7-8-13(15)9-12/h3-6,12-13,15H,2,7-11H2,1H3,(H,20,23)/t12-,13+,15+/m1/s1. The highest BCUT2D eigenvalue weighted by Gasteiger charge is 2.40. The van der Waals surface area contributed by atoms with E-state index in [1.54, 1.807) is 0 Å². The molecule has 1 aromatic carbocycles. The summed E-state index contributed by atoms with van der Waals surface area (Å²) in [5.41, 5.74) is 0.764. The van der Waals surface area contributed by atoms with Gasteiger partial charge < -0.3 is 14.5 Å². The van der Waals surface area contributed by atoms with Crippen LogP contribution in [0.15, 0.2) is 33.9 Å². The fourth-order valence-electron chi connectivity index (χ4n) is 4.10. The molecule has 2 fully saturated rings. The summed E-state index contributed by atoms with van der Waals surface area (Å²) in [5, 5.41) is 11.7. The molecule has 2 aromatic rings. The summed E-state index contributed by atoms with van der Waals surface area (Å²) in [6, 6.07) is 7.92. The van der Waals surface area contributed by atoms with Crippen LogP contribution in [0.2, 0.25) is 0 Å². The van der Waals surface area contributed by atoms with E-state index in [-0.39, 0.29) is 5.91 Å². The molecule has 0 radical (unpaired) electrons. The average Bonchev–Trinajstić information content (AvgIpc) is 3.38. The van der Waals surface area contributed by atoms with Crippen molar-refractivity contribution in [1.82, 2.24) is 15.5 Å². The van der Waals surface area contributed by atoms with Gasteiger partial charge in [-0.15, -0.1) is 10.2 Å². The van der Waals surface area contributed by atoms with Crippen LogP contribution in [-0.2, 0) is 4.79 Å². The molecule has 3 atom stereocenters. The number of fused-ring (bicyclic) bond motifs is 2. The number of rotatable bonds is 7. The fraction of sp³-hybridized carbons (Fsp3) is 0.526. The number of para-hydroxylation sites is 1. The highest BCUT2D eigenvalue weighted by molar-refractivity contribution is 7.99. The molecule has 0 unspecified atom stereocenters.